The molecule has 0 aromatic heterocycles. The van der Waals surface area contributed by atoms with Crippen molar-refractivity contribution in [2.24, 2.45) is 0 Å². The first-order chi connectivity index (χ1) is 11.7. The Bertz CT molecular complexity index is 700. The van der Waals surface area contributed by atoms with Gasteiger partial charge in [-0.1, -0.05) is 30.3 Å². The second kappa shape index (κ2) is 8.12. The van der Waals surface area contributed by atoms with Gasteiger partial charge in [0, 0.05) is 5.41 Å². The van der Waals surface area contributed by atoms with Crippen LogP contribution < -0.4 is 4.90 Å². The average Bonchev–Trinajstić information content (AvgIpc) is 2.53. The molecule has 138 valence electrons. The highest BCUT2D eigenvalue weighted by Gasteiger charge is 2.29. The van der Waals surface area contributed by atoms with Crippen LogP contribution >= 0.6 is 0 Å². The molecule has 0 spiro atoms. The van der Waals surface area contributed by atoms with Crippen molar-refractivity contribution < 1.29 is 22.8 Å². The van der Waals surface area contributed by atoms with Crippen LogP contribution in [0.2, 0.25) is 0 Å². The summed E-state index contributed by atoms with van der Waals surface area (Å²) >= 11 is 0. The second-order valence-electron chi connectivity index (χ2n) is 7.17. The maximum absolute atomic E-state index is 12.4. The number of esters is 1. The third kappa shape index (κ3) is 6.61. The van der Waals surface area contributed by atoms with Crippen LogP contribution in [0.3, 0.4) is 0 Å². The summed E-state index contributed by atoms with van der Waals surface area (Å²) in [5, 5.41) is 1.25. The number of benzene rings is 1. The molecule has 0 atom stereocenters. The molecule has 0 amide bonds. The number of carbonyl (C=O) groups excluding carboxylic acids is 1. The summed E-state index contributed by atoms with van der Waals surface area (Å²) in [5.41, 5.74) is 0.351. The number of hydrogen-bond donors (Lipinski definition) is 1. The minimum Gasteiger partial charge on any atom is -0.456 e. The zero-order valence-electron chi connectivity index (χ0n) is 15.1. The Morgan fingerprint density at radius 1 is 1.20 bits per heavy atom. The summed E-state index contributed by atoms with van der Waals surface area (Å²) in [6.45, 7) is 7.77. The van der Waals surface area contributed by atoms with Gasteiger partial charge in [-0.3, -0.25) is 0 Å². The minimum atomic E-state index is -3.44. The fourth-order valence-electron chi connectivity index (χ4n) is 2.63. The van der Waals surface area contributed by atoms with Crippen molar-refractivity contribution in [2.45, 2.75) is 26.4 Å². The first kappa shape index (κ1) is 19.6. The van der Waals surface area contributed by atoms with Crippen LogP contribution in [0.15, 0.2) is 35.7 Å². The molecule has 1 aliphatic rings. The van der Waals surface area contributed by atoms with Gasteiger partial charge in [0.2, 0.25) is 10.0 Å². The van der Waals surface area contributed by atoms with Gasteiger partial charge in [-0.25, -0.2) is 13.2 Å². The molecule has 6 nitrogen and oxygen atoms in total. The maximum Gasteiger partial charge on any atom is 0.362 e. The molecule has 7 heteroatoms. The standard InChI is InChI=1S/C18H26N2O4S/c1-18(2,3)24-17(21)15-19-10-12-20(13-11-19)25(22,23)14-9-16-7-5-4-6-8-16/h4-9,14H,10-13,15H2,1-3H3/p+1/b14-9+. The van der Waals surface area contributed by atoms with Gasteiger partial charge < -0.3 is 9.64 Å². The summed E-state index contributed by atoms with van der Waals surface area (Å²) in [6, 6.07) is 9.33. The zero-order valence-corrected chi connectivity index (χ0v) is 15.9. The smallest absolute Gasteiger partial charge is 0.362 e. The molecule has 25 heavy (non-hydrogen) atoms. The van der Waals surface area contributed by atoms with E-state index >= 15 is 0 Å². The number of piperazine rings is 1. The lowest BCUT2D eigenvalue weighted by molar-refractivity contribution is -0.896. The van der Waals surface area contributed by atoms with E-state index in [9.17, 15) is 13.2 Å². The lowest BCUT2D eigenvalue weighted by Crippen LogP contribution is -3.15. The van der Waals surface area contributed by atoms with Crippen molar-refractivity contribution >= 4 is 22.1 Å². The van der Waals surface area contributed by atoms with E-state index in [1.807, 2.05) is 51.1 Å². The van der Waals surface area contributed by atoms with Gasteiger partial charge in [-0.15, -0.1) is 0 Å². The highest BCUT2D eigenvalue weighted by atomic mass is 32.2. The third-order valence-corrected chi connectivity index (χ3v) is 5.40. The highest BCUT2D eigenvalue weighted by Crippen LogP contribution is 2.09. The molecule has 0 aliphatic carbocycles. The lowest BCUT2D eigenvalue weighted by atomic mass is 10.2. The number of rotatable bonds is 5. The van der Waals surface area contributed by atoms with Gasteiger partial charge in [-0.05, 0) is 32.4 Å². The second-order valence-corrected chi connectivity index (χ2v) is 8.99. The van der Waals surface area contributed by atoms with Crippen molar-refractivity contribution in [1.29, 1.82) is 0 Å². The summed E-state index contributed by atoms with van der Waals surface area (Å²) in [6.07, 6.45) is 1.61. The van der Waals surface area contributed by atoms with E-state index in [4.69, 9.17) is 4.74 Å². The van der Waals surface area contributed by atoms with E-state index < -0.39 is 15.6 Å². The normalized spacial score (nSPS) is 17.7. The fraction of sp³-hybridized carbons (Fsp3) is 0.500. The quantitative estimate of drug-likeness (QED) is 0.771. The zero-order chi connectivity index (χ0) is 18.5. The number of nitrogens with zero attached hydrogens (tertiary/aromatic N) is 1. The Balaban J connectivity index is 1.86. The molecular formula is C18H27N2O4S+. The van der Waals surface area contributed by atoms with Crippen LogP contribution in [-0.2, 0) is 19.6 Å². The largest absolute Gasteiger partial charge is 0.456 e. The molecule has 0 saturated carbocycles. The molecule has 1 aromatic rings. The molecule has 0 bridgehead atoms. The molecule has 1 aliphatic heterocycles. The Morgan fingerprint density at radius 3 is 2.36 bits per heavy atom. The first-order valence-corrected chi connectivity index (χ1v) is 9.95. The maximum atomic E-state index is 12.4. The molecule has 1 saturated heterocycles. The number of quaternary nitrogens is 1. The van der Waals surface area contributed by atoms with Crippen LogP contribution in [0.1, 0.15) is 26.3 Å². The van der Waals surface area contributed by atoms with E-state index in [0.717, 1.165) is 10.5 Å². The highest BCUT2D eigenvalue weighted by molar-refractivity contribution is 7.92. The van der Waals surface area contributed by atoms with E-state index in [1.54, 1.807) is 6.08 Å². The predicted octanol–water partition coefficient (Wildman–Crippen LogP) is 0.529. The Labute approximate surface area is 150 Å². The van der Waals surface area contributed by atoms with Crippen molar-refractivity contribution in [2.75, 3.05) is 32.7 Å². The van der Waals surface area contributed by atoms with E-state index in [2.05, 4.69) is 0 Å². The molecule has 1 heterocycles. The fourth-order valence-corrected chi connectivity index (χ4v) is 3.82. The molecule has 1 N–H and O–H groups in total. The molecule has 1 fully saturated rings. The van der Waals surface area contributed by atoms with Crippen LogP contribution in [0.5, 0.6) is 0 Å². The van der Waals surface area contributed by atoms with E-state index in [1.165, 1.54) is 9.71 Å². The molecule has 0 unspecified atom stereocenters. The molecule has 1 aromatic carbocycles. The third-order valence-electron chi connectivity index (χ3n) is 3.84. The Hall–Kier alpha value is -1.70. The van der Waals surface area contributed by atoms with Crippen molar-refractivity contribution in [1.82, 2.24) is 4.31 Å². The molecule has 0 radical (unpaired) electrons. The number of hydrogen-bond acceptors (Lipinski definition) is 4. The van der Waals surface area contributed by atoms with Gasteiger partial charge in [0.25, 0.3) is 0 Å². The molecule has 2 rings (SSSR count). The number of nitrogens with one attached hydrogen (secondary N) is 1. The number of carbonyl (C=O) groups is 1. The van der Waals surface area contributed by atoms with Gasteiger partial charge in [0.05, 0.1) is 26.2 Å². The van der Waals surface area contributed by atoms with E-state index in [0.29, 0.717) is 26.2 Å². The van der Waals surface area contributed by atoms with Crippen LogP contribution in [-0.4, -0.2) is 57.0 Å². The van der Waals surface area contributed by atoms with Gasteiger partial charge in [0.1, 0.15) is 5.60 Å². The summed E-state index contributed by atoms with van der Waals surface area (Å²) in [5.74, 6) is -0.247. The topological polar surface area (TPSA) is 68.1 Å². The Kier molecular flexibility index (Phi) is 6.37. The Morgan fingerprint density at radius 2 is 1.80 bits per heavy atom. The average molecular weight is 367 g/mol. The van der Waals surface area contributed by atoms with E-state index in [-0.39, 0.29) is 12.5 Å². The molecular weight excluding hydrogens is 340 g/mol. The van der Waals surface area contributed by atoms with Gasteiger partial charge in [0.15, 0.2) is 6.54 Å². The lowest BCUT2D eigenvalue weighted by Gasteiger charge is -2.30. The summed E-state index contributed by atoms with van der Waals surface area (Å²) in [4.78, 5) is 12.9. The van der Waals surface area contributed by atoms with Gasteiger partial charge in [-0.2, -0.15) is 4.31 Å². The summed E-state index contributed by atoms with van der Waals surface area (Å²) < 4.78 is 31.6. The van der Waals surface area contributed by atoms with Crippen LogP contribution in [0.4, 0.5) is 0 Å². The predicted molar refractivity (Wildman–Crippen MR) is 97.4 cm³/mol. The SMILES string of the molecule is CC(C)(C)OC(=O)C[NH+]1CCN(S(=O)(=O)/C=C/c2ccccc2)CC1. The van der Waals surface area contributed by atoms with Gasteiger partial charge >= 0.3 is 5.97 Å². The summed E-state index contributed by atoms with van der Waals surface area (Å²) in [7, 11) is -3.44. The minimum absolute atomic E-state index is 0.247. The number of sulfonamides is 1. The van der Waals surface area contributed by atoms with Crippen molar-refractivity contribution in [3.8, 4) is 0 Å². The van der Waals surface area contributed by atoms with Crippen LogP contribution in [0, 0.1) is 0 Å². The monoisotopic (exact) mass is 367 g/mol. The van der Waals surface area contributed by atoms with Crippen molar-refractivity contribution in [3.63, 3.8) is 0 Å². The van der Waals surface area contributed by atoms with Crippen LogP contribution in [0.25, 0.3) is 6.08 Å². The van der Waals surface area contributed by atoms with Crippen molar-refractivity contribution in [3.05, 3.63) is 41.3 Å². The first-order valence-electron chi connectivity index (χ1n) is 8.44. The number of ether oxygens (including phenoxy) is 1.